The van der Waals surface area contributed by atoms with Crippen molar-refractivity contribution in [2.24, 2.45) is 4.99 Å². The van der Waals surface area contributed by atoms with E-state index in [4.69, 9.17) is 15.9 Å². The number of benzene rings is 1. The molecule has 0 aromatic heterocycles. The van der Waals surface area contributed by atoms with Gasteiger partial charge in [0.05, 0.1) is 13.2 Å². The van der Waals surface area contributed by atoms with E-state index in [-0.39, 0.29) is 36.4 Å². The number of methoxy groups -OCH3 is 1. The monoisotopic (exact) mass is 488 g/mol. The van der Waals surface area contributed by atoms with Gasteiger partial charge in [0.25, 0.3) is 0 Å². The molecule has 1 amide bonds. The van der Waals surface area contributed by atoms with Gasteiger partial charge < -0.3 is 25.4 Å². The lowest BCUT2D eigenvalue weighted by Gasteiger charge is -2.11. The third-order valence-electron chi connectivity index (χ3n) is 3.23. The fourth-order valence-corrected chi connectivity index (χ4v) is 2.01. The first kappa shape index (κ1) is 25.2. The first-order chi connectivity index (χ1) is 12.7. The maximum atomic E-state index is 12.0. The SMILES string of the molecule is C#Cc1cccc(NC(=O)CN=C(NCC)NCCCOCCOC)c1.I. The van der Waals surface area contributed by atoms with Gasteiger partial charge in [-0.2, -0.15) is 0 Å². The Kier molecular flexibility index (Phi) is 15.2. The Balaban J connectivity index is 0.00000676. The molecule has 0 saturated heterocycles. The molecule has 7 nitrogen and oxygen atoms in total. The molecule has 0 aliphatic carbocycles. The lowest BCUT2D eigenvalue weighted by Crippen LogP contribution is -2.38. The number of carbonyl (C=O) groups excluding carboxylic acids is 1. The zero-order valence-corrected chi connectivity index (χ0v) is 18.2. The Morgan fingerprint density at radius 3 is 2.78 bits per heavy atom. The van der Waals surface area contributed by atoms with Gasteiger partial charge in [-0.1, -0.05) is 12.0 Å². The van der Waals surface area contributed by atoms with Crippen molar-refractivity contribution in [1.29, 1.82) is 0 Å². The average Bonchev–Trinajstić information content (AvgIpc) is 2.65. The molecule has 8 heteroatoms. The highest BCUT2D eigenvalue weighted by atomic mass is 127. The first-order valence-electron chi connectivity index (χ1n) is 8.65. The van der Waals surface area contributed by atoms with Gasteiger partial charge in [-0.15, -0.1) is 30.4 Å². The summed E-state index contributed by atoms with van der Waals surface area (Å²) in [5, 5.41) is 9.05. The molecule has 0 aliphatic heterocycles. The lowest BCUT2D eigenvalue weighted by molar-refractivity contribution is -0.114. The standard InChI is InChI=1S/C19H28N4O3.HI/c1-4-16-8-6-9-17(14-16)23-18(24)15-22-19(20-5-2)21-10-7-11-26-13-12-25-3;/h1,6,8-9,14H,5,7,10-13,15H2,2-3H3,(H,23,24)(H2,20,21,22);1H. The van der Waals surface area contributed by atoms with Crippen LogP contribution in [0.4, 0.5) is 5.69 Å². The summed E-state index contributed by atoms with van der Waals surface area (Å²) in [4.78, 5) is 16.3. The number of ether oxygens (including phenoxy) is 2. The van der Waals surface area contributed by atoms with Gasteiger partial charge in [0, 0.05) is 38.1 Å². The van der Waals surface area contributed by atoms with Gasteiger partial charge in [0.2, 0.25) is 5.91 Å². The van der Waals surface area contributed by atoms with Crippen LogP contribution in [0.15, 0.2) is 29.3 Å². The van der Waals surface area contributed by atoms with Crippen LogP contribution in [0.3, 0.4) is 0 Å². The molecule has 1 aromatic carbocycles. The number of amides is 1. The molecule has 27 heavy (non-hydrogen) atoms. The quantitative estimate of drug-likeness (QED) is 0.146. The molecular weight excluding hydrogens is 459 g/mol. The normalized spacial score (nSPS) is 10.5. The molecule has 0 aliphatic rings. The molecule has 0 atom stereocenters. The van der Waals surface area contributed by atoms with E-state index in [0.717, 1.165) is 6.42 Å². The number of carbonyl (C=O) groups is 1. The van der Waals surface area contributed by atoms with Crippen LogP contribution in [-0.4, -0.2) is 58.4 Å². The van der Waals surface area contributed by atoms with E-state index in [9.17, 15) is 4.79 Å². The summed E-state index contributed by atoms with van der Waals surface area (Å²) in [6.45, 7) is 5.22. The lowest BCUT2D eigenvalue weighted by atomic mass is 10.2. The number of nitrogens with zero attached hydrogens (tertiary/aromatic N) is 1. The van der Waals surface area contributed by atoms with E-state index in [1.807, 2.05) is 6.92 Å². The van der Waals surface area contributed by atoms with E-state index < -0.39 is 0 Å². The van der Waals surface area contributed by atoms with Crippen LogP contribution in [0.2, 0.25) is 0 Å². The van der Waals surface area contributed by atoms with Crippen LogP contribution in [-0.2, 0) is 14.3 Å². The average molecular weight is 488 g/mol. The molecule has 1 rings (SSSR count). The maximum absolute atomic E-state index is 12.0. The minimum absolute atomic E-state index is 0. The fraction of sp³-hybridized carbons (Fsp3) is 0.474. The van der Waals surface area contributed by atoms with Gasteiger partial charge >= 0.3 is 0 Å². The third kappa shape index (κ3) is 12.2. The minimum Gasteiger partial charge on any atom is -0.382 e. The fourth-order valence-electron chi connectivity index (χ4n) is 2.01. The predicted molar refractivity (Wildman–Crippen MR) is 120 cm³/mol. The Morgan fingerprint density at radius 1 is 1.26 bits per heavy atom. The summed E-state index contributed by atoms with van der Waals surface area (Å²) in [5.74, 6) is 2.92. The summed E-state index contributed by atoms with van der Waals surface area (Å²) in [5.41, 5.74) is 1.38. The molecule has 0 fully saturated rings. The van der Waals surface area contributed by atoms with Gasteiger partial charge in [-0.3, -0.25) is 4.79 Å². The summed E-state index contributed by atoms with van der Waals surface area (Å²) >= 11 is 0. The Hall–Kier alpha value is -1.83. The van der Waals surface area contributed by atoms with Crippen molar-refractivity contribution in [1.82, 2.24) is 10.6 Å². The largest absolute Gasteiger partial charge is 0.382 e. The van der Waals surface area contributed by atoms with Crippen molar-refractivity contribution < 1.29 is 14.3 Å². The van der Waals surface area contributed by atoms with Crippen molar-refractivity contribution in [3.63, 3.8) is 0 Å². The number of rotatable bonds is 11. The third-order valence-corrected chi connectivity index (χ3v) is 3.23. The van der Waals surface area contributed by atoms with Crippen molar-refractivity contribution >= 4 is 41.5 Å². The van der Waals surface area contributed by atoms with Crippen molar-refractivity contribution in [3.05, 3.63) is 29.8 Å². The summed E-state index contributed by atoms with van der Waals surface area (Å²) in [6.07, 6.45) is 6.19. The highest BCUT2D eigenvalue weighted by molar-refractivity contribution is 14.0. The number of halogens is 1. The van der Waals surface area contributed by atoms with Crippen molar-refractivity contribution in [3.8, 4) is 12.3 Å². The van der Waals surface area contributed by atoms with Crippen LogP contribution in [0, 0.1) is 12.3 Å². The second-order valence-corrected chi connectivity index (χ2v) is 5.35. The van der Waals surface area contributed by atoms with Crippen LogP contribution < -0.4 is 16.0 Å². The number of hydrogen-bond donors (Lipinski definition) is 3. The van der Waals surface area contributed by atoms with E-state index in [1.165, 1.54) is 0 Å². The number of aliphatic imine (C=N–C) groups is 1. The second kappa shape index (κ2) is 16.4. The Morgan fingerprint density at radius 2 is 2.07 bits per heavy atom. The zero-order chi connectivity index (χ0) is 19.0. The summed E-state index contributed by atoms with van der Waals surface area (Å²) < 4.78 is 10.3. The number of nitrogens with one attached hydrogen (secondary N) is 3. The molecule has 150 valence electrons. The molecule has 0 bridgehead atoms. The van der Waals surface area contributed by atoms with E-state index in [2.05, 4.69) is 26.9 Å². The molecular formula is C19H29IN4O3. The molecule has 3 N–H and O–H groups in total. The van der Waals surface area contributed by atoms with Crippen LogP contribution in [0.25, 0.3) is 0 Å². The van der Waals surface area contributed by atoms with Gasteiger partial charge in [0.1, 0.15) is 6.54 Å². The highest BCUT2D eigenvalue weighted by Gasteiger charge is 2.03. The summed E-state index contributed by atoms with van der Waals surface area (Å²) in [6, 6.07) is 7.14. The van der Waals surface area contributed by atoms with E-state index in [0.29, 0.717) is 50.1 Å². The predicted octanol–water partition coefficient (Wildman–Crippen LogP) is 1.83. The maximum Gasteiger partial charge on any atom is 0.246 e. The van der Waals surface area contributed by atoms with Crippen LogP contribution >= 0.6 is 24.0 Å². The number of guanidine groups is 1. The molecule has 0 radical (unpaired) electrons. The van der Waals surface area contributed by atoms with Gasteiger partial charge in [-0.05, 0) is 31.5 Å². The van der Waals surface area contributed by atoms with Crippen molar-refractivity contribution in [2.75, 3.05) is 51.9 Å². The van der Waals surface area contributed by atoms with Gasteiger partial charge in [-0.25, -0.2) is 4.99 Å². The topological polar surface area (TPSA) is 84.0 Å². The van der Waals surface area contributed by atoms with E-state index in [1.54, 1.807) is 31.4 Å². The zero-order valence-electron chi connectivity index (χ0n) is 15.9. The Bertz CT molecular complexity index is 617. The second-order valence-electron chi connectivity index (χ2n) is 5.35. The van der Waals surface area contributed by atoms with Gasteiger partial charge in [0.15, 0.2) is 5.96 Å². The molecule has 1 aromatic rings. The van der Waals surface area contributed by atoms with Crippen molar-refractivity contribution in [2.45, 2.75) is 13.3 Å². The van der Waals surface area contributed by atoms with Crippen LogP contribution in [0.5, 0.6) is 0 Å². The summed E-state index contributed by atoms with van der Waals surface area (Å²) in [7, 11) is 1.64. The van der Waals surface area contributed by atoms with E-state index >= 15 is 0 Å². The first-order valence-corrected chi connectivity index (χ1v) is 8.65. The Labute approximate surface area is 178 Å². The molecule has 0 heterocycles. The molecule has 0 unspecified atom stereocenters. The minimum atomic E-state index is -0.209. The molecule has 0 saturated carbocycles. The number of hydrogen-bond acceptors (Lipinski definition) is 4. The number of terminal acetylenes is 1. The highest BCUT2D eigenvalue weighted by Crippen LogP contribution is 2.09. The number of anilines is 1. The smallest absolute Gasteiger partial charge is 0.246 e. The van der Waals surface area contributed by atoms with Crippen LogP contribution in [0.1, 0.15) is 18.9 Å². The molecule has 0 spiro atoms.